The van der Waals surface area contributed by atoms with Crippen LogP contribution in [0.2, 0.25) is 5.02 Å². The summed E-state index contributed by atoms with van der Waals surface area (Å²) in [6, 6.07) is 15.3. The van der Waals surface area contributed by atoms with Crippen molar-refractivity contribution in [2.45, 2.75) is 25.3 Å². The number of aromatic amines is 1. The third-order valence-corrected chi connectivity index (χ3v) is 4.75. The Kier molecular flexibility index (Phi) is 3.58. The Labute approximate surface area is 139 Å². The van der Waals surface area contributed by atoms with Gasteiger partial charge in [0.25, 0.3) is 5.91 Å². The number of carbonyl (C=O) groups excluding carboxylic acids is 1. The van der Waals surface area contributed by atoms with Crippen LogP contribution in [0.15, 0.2) is 48.5 Å². The molecule has 3 nitrogen and oxygen atoms in total. The molecule has 3 aromatic rings. The second-order valence-corrected chi connectivity index (χ2v) is 6.43. The van der Waals surface area contributed by atoms with Crippen LogP contribution in [0.25, 0.3) is 10.9 Å². The number of rotatable bonds is 2. The van der Waals surface area contributed by atoms with Crippen LogP contribution < -0.4 is 5.32 Å². The highest BCUT2D eigenvalue weighted by Gasteiger charge is 2.25. The summed E-state index contributed by atoms with van der Waals surface area (Å²) in [5, 5.41) is 5.08. The summed E-state index contributed by atoms with van der Waals surface area (Å²) in [6.45, 7) is 0. The lowest BCUT2D eigenvalue weighted by atomic mass is 9.91. The summed E-state index contributed by atoms with van der Waals surface area (Å²) in [5.41, 5.74) is 4.18. The van der Waals surface area contributed by atoms with Gasteiger partial charge in [0.15, 0.2) is 0 Å². The predicted octanol–water partition coefficient (Wildman–Crippen LogP) is 4.63. The van der Waals surface area contributed by atoms with E-state index in [2.05, 4.69) is 10.3 Å². The Morgan fingerprint density at radius 2 is 2.00 bits per heavy atom. The van der Waals surface area contributed by atoms with Gasteiger partial charge in [0, 0.05) is 27.2 Å². The lowest BCUT2D eigenvalue weighted by molar-refractivity contribution is 0.0932. The predicted molar refractivity (Wildman–Crippen MR) is 92.9 cm³/mol. The summed E-state index contributed by atoms with van der Waals surface area (Å²) in [7, 11) is 0. The van der Waals surface area contributed by atoms with Gasteiger partial charge in [-0.1, -0.05) is 29.8 Å². The quantitative estimate of drug-likeness (QED) is 0.709. The van der Waals surface area contributed by atoms with Crippen molar-refractivity contribution in [2.75, 3.05) is 0 Å². The SMILES string of the molecule is O=C(N[C@@H]1CCCc2c1[nH]c1ccc(Cl)cc21)c1ccccc1. The first kappa shape index (κ1) is 14.3. The average molecular weight is 325 g/mol. The van der Waals surface area contributed by atoms with Gasteiger partial charge in [-0.25, -0.2) is 0 Å². The fourth-order valence-corrected chi connectivity index (χ4v) is 3.58. The molecule has 1 aliphatic carbocycles. The number of halogens is 1. The minimum atomic E-state index is -0.0276. The summed E-state index contributed by atoms with van der Waals surface area (Å²) in [4.78, 5) is 15.9. The van der Waals surface area contributed by atoms with E-state index in [1.807, 2.05) is 48.5 Å². The molecule has 1 amide bonds. The fraction of sp³-hybridized carbons (Fsp3) is 0.211. The summed E-state index contributed by atoms with van der Waals surface area (Å²) in [6.07, 6.45) is 3.03. The average Bonchev–Trinajstić information content (AvgIpc) is 2.95. The molecule has 0 bridgehead atoms. The largest absolute Gasteiger partial charge is 0.356 e. The molecule has 1 atom stereocenters. The molecule has 0 saturated heterocycles. The normalized spacial score (nSPS) is 17.0. The number of hydrogen-bond acceptors (Lipinski definition) is 1. The van der Waals surface area contributed by atoms with Crippen LogP contribution in [0.3, 0.4) is 0 Å². The first-order valence-electron chi connectivity index (χ1n) is 7.88. The molecule has 0 saturated carbocycles. The van der Waals surface area contributed by atoms with Gasteiger partial charge in [-0.2, -0.15) is 0 Å². The number of aromatic nitrogens is 1. The minimum Gasteiger partial charge on any atom is -0.356 e. The second kappa shape index (κ2) is 5.74. The molecule has 0 unspecified atom stereocenters. The number of amides is 1. The Morgan fingerprint density at radius 3 is 2.83 bits per heavy atom. The number of aryl methyl sites for hydroxylation is 1. The van der Waals surface area contributed by atoms with E-state index >= 15 is 0 Å². The molecular weight excluding hydrogens is 308 g/mol. The van der Waals surface area contributed by atoms with Gasteiger partial charge in [0.2, 0.25) is 0 Å². The summed E-state index contributed by atoms with van der Waals surface area (Å²) in [5.74, 6) is -0.0276. The maximum atomic E-state index is 12.4. The number of carbonyl (C=O) groups is 1. The van der Waals surface area contributed by atoms with Crippen molar-refractivity contribution in [3.8, 4) is 0 Å². The van der Waals surface area contributed by atoms with E-state index < -0.39 is 0 Å². The number of H-pyrrole nitrogens is 1. The van der Waals surface area contributed by atoms with E-state index in [9.17, 15) is 4.79 Å². The molecule has 1 aromatic heterocycles. The van der Waals surface area contributed by atoms with Crippen LogP contribution in [0.1, 0.15) is 40.5 Å². The van der Waals surface area contributed by atoms with Gasteiger partial charge in [0.1, 0.15) is 0 Å². The zero-order valence-electron chi connectivity index (χ0n) is 12.6. The molecule has 1 aliphatic rings. The molecule has 0 fully saturated rings. The number of fused-ring (bicyclic) bond motifs is 3. The van der Waals surface area contributed by atoms with E-state index in [0.717, 1.165) is 35.5 Å². The van der Waals surface area contributed by atoms with E-state index in [1.54, 1.807) is 0 Å². The molecule has 1 heterocycles. The highest BCUT2D eigenvalue weighted by molar-refractivity contribution is 6.31. The first-order valence-corrected chi connectivity index (χ1v) is 8.26. The van der Waals surface area contributed by atoms with Gasteiger partial charge < -0.3 is 10.3 Å². The molecule has 116 valence electrons. The number of hydrogen-bond donors (Lipinski definition) is 2. The molecule has 2 aromatic carbocycles. The molecule has 0 spiro atoms. The van der Waals surface area contributed by atoms with Crippen LogP contribution in [0.5, 0.6) is 0 Å². The van der Waals surface area contributed by atoms with E-state index in [1.165, 1.54) is 10.9 Å². The van der Waals surface area contributed by atoms with Crippen molar-refractivity contribution in [3.63, 3.8) is 0 Å². The zero-order chi connectivity index (χ0) is 15.8. The molecule has 0 aliphatic heterocycles. The molecule has 0 radical (unpaired) electrons. The monoisotopic (exact) mass is 324 g/mol. The van der Waals surface area contributed by atoms with Crippen molar-refractivity contribution in [1.29, 1.82) is 0 Å². The van der Waals surface area contributed by atoms with Crippen LogP contribution in [-0.2, 0) is 6.42 Å². The maximum absolute atomic E-state index is 12.4. The maximum Gasteiger partial charge on any atom is 0.251 e. The third kappa shape index (κ3) is 2.62. The molecule has 4 rings (SSSR count). The van der Waals surface area contributed by atoms with Crippen molar-refractivity contribution >= 4 is 28.4 Å². The molecule has 23 heavy (non-hydrogen) atoms. The molecule has 4 heteroatoms. The highest BCUT2D eigenvalue weighted by Crippen LogP contribution is 2.35. The smallest absolute Gasteiger partial charge is 0.251 e. The van der Waals surface area contributed by atoms with Crippen LogP contribution in [0, 0.1) is 0 Å². The van der Waals surface area contributed by atoms with Crippen LogP contribution >= 0.6 is 11.6 Å². The Hall–Kier alpha value is -2.26. The van der Waals surface area contributed by atoms with Crippen molar-refractivity contribution in [2.24, 2.45) is 0 Å². The Balaban J connectivity index is 1.68. The van der Waals surface area contributed by atoms with Crippen LogP contribution in [-0.4, -0.2) is 10.9 Å². The summed E-state index contributed by atoms with van der Waals surface area (Å²) < 4.78 is 0. The lowest BCUT2D eigenvalue weighted by Crippen LogP contribution is -2.31. The van der Waals surface area contributed by atoms with E-state index in [4.69, 9.17) is 11.6 Å². The van der Waals surface area contributed by atoms with Gasteiger partial charge in [-0.3, -0.25) is 4.79 Å². The number of nitrogens with one attached hydrogen (secondary N) is 2. The van der Waals surface area contributed by atoms with Crippen LogP contribution in [0.4, 0.5) is 0 Å². The van der Waals surface area contributed by atoms with Crippen molar-refractivity contribution < 1.29 is 4.79 Å². The summed E-state index contributed by atoms with van der Waals surface area (Å²) >= 11 is 6.14. The fourth-order valence-electron chi connectivity index (χ4n) is 3.41. The Morgan fingerprint density at radius 1 is 1.17 bits per heavy atom. The highest BCUT2D eigenvalue weighted by atomic mass is 35.5. The van der Waals surface area contributed by atoms with Gasteiger partial charge in [0.05, 0.1) is 6.04 Å². The lowest BCUT2D eigenvalue weighted by Gasteiger charge is -2.24. The van der Waals surface area contributed by atoms with Gasteiger partial charge in [-0.15, -0.1) is 0 Å². The minimum absolute atomic E-state index is 0.0256. The Bertz CT molecular complexity index is 870. The molecule has 2 N–H and O–H groups in total. The topological polar surface area (TPSA) is 44.9 Å². The standard InChI is InChI=1S/C19H17ClN2O/c20-13-9-10-16-15(11-13)14-7-4-8-17(18(14)21-16)22-19(23)12-5-2-1-3-6-12/h1-3,5-6,9-11,17,21H,4,7-8H2,(H,22,23)/t17-/m1/s1. The molecular formula is C19H17ClN2O. The van der Waals surface area contributed by atoms with Crippen molar-refractivity contribution in [3.05, 3.63) is 70.4 Å². The van der Waals surface area contributed by atoms with E-state index in [0.29, 0.717) is 5.56 Å². The first-order chi connectivity index (χ1) is 11.2. The van der Waals surface area contributed by atoms with Gasteiger partial charge >= 0.3 is 0 Å². The van der Waals surface area contributed by atoms with E-state index in [-0.39, 0.29) is 11.9 Å². The second-order valence-electron chi connectivity index (χ2n) is 5.99. The number of benzene rings is 2. The van der Waals surface area contributed by atoms with Crippen molar-refractivity contribution in [1.82, 2.24) is 10.3 Å². The zero-order valence-corrected chi connectivity index (χ0v) is 13.4. The third-order valence-electron chi connectivity index (χ3n) is 4.51. The van der Waals surface area contributed by atoms with Gasteiger partial charge in [-0.05, 0) is 55.2 Å².